The minimum atomic E-state index is 0.0104. The van der Waals surface area contributed by atoms with Gasteiger partial charge in [0, 0.05) is 10.6 Å². The molecule has 0 fully saturated rings. The topological polar surface area (TPSA) is 20.3 Å². The lowest BCUT2D eigenvalue weighted by Crippen LogP contribution is -2.29. The van der Waals surface area contributed by atoms with Gasteiger partial charge in [-0.25, -0.2) is 0 Å². The number of hydrogen-bond acceptors (Lipinski definition) is 2. The lowest BCUT2D eigenvalue weighted by Gasteiger charge is -2.17. The fraction of sp³-hybridized carbons (Fsp3) is 0.417. The Hall–Kier alpha value is -0.570. The Kier molecular flexibility index (Phi) is 5.26. The molecular formula is C12H15Cl2NO. The fourth-order valence-corrected chi connectivity index (χ4v) is 1.84. The van der Waals surface area contributed by atoms with E-state index in [1.807, 2.05) is 18.7 Å². The summed E-state index contributed by atoms with van der Waals surface area (Å²) in [6, 6.07) is 4.95. The van der Waals surface area contributed by atoms with Gasteiger partial charge < -0.3 is 0 Å². The molecule has 88 valence electrons. The van der Waals surface area contributed by atoms with Crippen LogP contribution >= 0.6 is 23.2 Å². The fourth-order valence-electron chi connectivity index (χ4n) is 1.45. The Morgan fingerprint density at radius 1 is 1.25 bits per heavy atom. The molecule has 2 nitrogen and oxygen atoms in total. The zero-order chi connectivity index (χ0) is 12.1. The van der Waals surface area contributed by atoms with Gasteiger partial charge in [-0.3, -0.25) is 9.69 Å². The highest BCUT2D eigenvalue weighted by molar-refractivity contribution is 6.36. The minimum Gasteiger partial charge on any atom is -0.296 e. The summed E-state index contributed by atoms with van der Waals surface area (Å²) in [5, 5.41) is 0.994. The number of ketones is 1. The van der Waals surface area contributed by atoms with Crippen molar-refractivity contribution in [1.29, 1.82) is 0 Å². The summed E-state index contributed by atoms with van der Waals surface area (Å²) < 4.78 is 0. The molecule has 4 heteroatoms. The second-order valence-electron chi connectivity index (χ2n) is 3.51. The van der Waals surface area contributed by atoms with E-state index in [0.29, 0.717) is 22.2 Å². The van der Waals surface area contributed by atoms with Gasteiger partial charge in [0.2, 0.25) is 0 Å². The van der Waals surface area contributed by atoms with Crippen LogP contribution in [-0.4, -0.2) is 30.3 Å². The van der Waals surface area contributed by atoms with E-state index in [1.165, 1.54) is 0 Å². The van der Waals surface area contributed by atoms with E-state index in [2.05, 4.69) is 0 Å². The Morgan fingerprint density at radius 2 is 1.88 bits per heavy atom. The summed E-state index contributed by atoms with van der Waals surface area (Å²) in [5.41, 5.74) is 0.501. The summed E-state index contributed by atoms with van der Waals surface area (Å²) in [7, 11) is 0. The molecule has 0 unspecified atom stereocenters. The van der Waals surface area contributed by atoms with Crippen molar-refractivity contribution in [3.63, 3.8) is 0 Å². The average molecular weight is 260 g/mol. The zero-order valence-electron chi connectivity index (χ0n) is 9.46. The van der Waals surface area contributed by atoms with E-state index in [4.69, 9.17) is 23.2 Å². The molecule has 0 radical (unpaired) electrons. The van der Waals surface area contributed by atoms with Crippen molar-refractivity contribution in [2.24, 2.45) is 0 Å². The molecule has 0 amide bonds. The first-order valence-corrected chi connectivity index (χ1v) is 6.04. The van der Waals surface area contributed by atoms with Gasteiger partial charge in [0.25, 0.3) is 0 Å². The van der Waals surface area contributed by atoms with Crippen molar-refractivity contribution in [2.75, 3.05) is 19.6 Å². The van der Waals surface area contributed by atoms with Crippen LogP contribution in [-0.2, 0) is 0 Å². The van der Waals surface area contributed by atoms with Crippen molar-refractivity contribution in [3.05, 3.63) is 33.8 Å². The van der Waals surface area contributed by atoms with Crippen molar-refractivity contribution in [3.8, 4) is 0 Å². The van der Waals surface area contributed by atoms with Gasteiger partial charge in [-0.15, -0.1) is 0 Å². The Labute approximate surface area is 106 Å². The highest BCUT2D eigenvalue weighted by Gasteiger charge is 2.13. The Balaban J connectivity index is 2.83. The summed E-state index contributed by atoms with van der Waals surface area (Å²) in [5.74, 6) is 0.0104. The van der Waals surface area contributed by atoms with Gasteiger partial charge in [-0.2, -0.15) is 0 Å². The van der Waals surface area contributed by atoms with E-state index >= 15 is 0 Å². The molecule has 0 aliphatic heterocycles. The minimum absolute atomic E-state index is 0.0104. The number of likely N-dealkylation sites (N-methyl/N-ethyl adjacent to an activating group) is 1. The second-order valence-corrected chi connectivity index (χ2v) is 4.35. The normalized spacial score (nSPS) is 10.8. The summed E-state index contributed by atoms with van der Waals surface area (Å²) >= 11 is 11.8. The monoisotopic (exact) mass is 259 g/mol. The maximum absolute atomic E-state index is 12.0. The number of carbonyl (C=O) groups is 1. The van der Waals surface area contributed by atoms with E-state index in [9.17, 15) is 4.79 Å². The maximum atomic E-state index is 12.0. The van der Waals surface area contributed by atoms with Crippen LogP contribution in [0.25, 0.3) is 0 Å². The van der Waals surface area contributed by atoms with Gasteiger partial charge >= 0.3 is 0 Å². The molecule has 1 aromatic rings. The van der Waals surface area contributed by atoms with Crippen molar-refractivity contribution < 1.29 is 4.79 Å². The molecule has 0 bridgehead atoms. The van der Waals surface area contributed by atoms with E-state index in [0.717, 1.165) is 13.1 Å². The van der Waals surface area contributed by atoms with Crippen LogP contribution in [0.15, 0.2) is 18.2 Å². The summed E-state index contributed by atoms with van der Waals surface area (Å²) in [4.78, 5) is 14.0. The van der Waals surface area contributed by atoms with Gasteiger partial charge in [0.15, 0.2) is 5.78 Å². The van der Waals surface area contributed by atoms with Gasteiger partial charge in [0.1, 0.15) is 0 Å². The number of halogens is 2. The van der Waals surface area contributed by atoms with E-state index < -0.39 is 0 Å². The molecule has 0 aromatic heterocycles. The Morgan fingerprint density at radius 3 is 2.44 bits per heavy atom. The predicted molar refractivity (Wildman–Crippen MR) is 68.6 cm³/mol. The quantitative estimate of drug-likeness (QED) is 0.755. The first-order chi connectivity index (χ1) is 7.58. The van der Waals surface area contributed by atoms with Crippen LogP contribution in [0.3, 0.4) is 0 Å². The third-order valence-corrected chi connectivity index (χ3v) is 3.06. The Bertz CT molecular complexity index is 375. The molecule has 0 aliphatic carbocycles. The van der Waals surface area contributed by atoms with Crippen LogP contribution < -0.4 is 0 Å². The molecule has 0 aliphatic rings. The lowest BCUT2D eigenvalue weighted by atomic mass is 10.1. The van der Waals surface area contributed by atoms with Crippen LogP contribution in [0, 0.1) is 0 Å². The van der Waals surface area contributed by atoms with Gasteiger partial charge in [0.05, 0.1) is 11.6 Å². The molecule has 1 rings (SSSR count). The van der Waals surface area contributed by atoms with E-state index in [1.54, 1.807) is 18.2 Å². The molecular weight excluding hydrogens is 245 g/mol. The number of carbonyl (C=O) groups excluding carboxylic acids is 1. The standard InChI is InChI=1S/C12H15Cl2NO/c1-3-15(4-2)8-12(16)10-7-9(13)5-6-11(10)14/h5-7H,3-4,8H2,1-2H3. The first-order valence-electron chi connectivity index (χ1n) is 5.29. The van der Waals surface area contributed by atoms with Crippen molar-refractivity contribution in [1.82, 2.24) is 4.90 Å². The lowest BCUT2D eigenvalue weighted by molar-refractivity contribution is 0.0937. The number of benzene rings is 1. The largest absolute Gasteiger partial charge is 0.296 e. The molecule has 0 heterocycles. The van der Waals surface area contributed by atoms with Crippen LogP contribution in [0.1, 0.15) is 24.2 Å². The number of hydrogen-bond donors (Lipinski definition) is 0. The summed E-state index contributed by atoms with van der Waals surface area (Å²) in [6.45, 7) is 6.13. The molecule has 1 aromatic carbocycles. The third kappa shape index (κ3) is 3.48. The maximum Gasteiger partial charge on any atom is 0.178 e. The van der Waals surface area contributed by atoms with Crippen LogP contribution in [0.5, 0.6) is 0 Å². The predicted octanol–water partition coefficient (Wildman–Crippen LogP) is 3.52. The molecule has 16 heavy (non-hydrogen) atoms. The average Bonchev–Trinajstić information content (AvgIpc) is 2.28. The molecule has 0 saturated carbocycles. The summed E-state index contributed by atoms with van der Waals surface area (Å²) in [6.07, 6.45) is 0. The highest BCUT2D eigenvalue weighted by atomic mass is 35.5. The van der Waals surface area contributed by atoms with Crippen molar-refractivity contribution in [2.45, 2.75) is 13.8 Å². The van der Waals surface area contributed by atoms with Gasteiger partial charge in [-0.1, -0.05) is 37.0 Å². The smallest absolute Gasteiger partial charge is 0.178 e. The van der Waals surface area contributed by atoms with Gasteiger partial charge in [-0.05, 0) is 31.3 Å². The first kappa shape index (κ1) is 13.5. The SMILES string of the molecule is CCN(CC)CC(=O)c1cc(Cl)ccc1Cl. The molecule has 0 spiro atoms. The molecule has 0 saturated heterocycles. The van der Waals surface area contributed by atoms with Crippen LogP contribution in [0.2, 0.25) is 10.0 Å². The second kappa shape index (κ2) is 6.24. The molecule has 0 atom stereocenters. The number of rotatable bonds is 5. The number of Topliss-reactive ketones (excluding diaryl/α,β-unsaturated/α-hetero) is 1. The number of nitrogens with zero attached hydrogens (tertiary/aromatic N) is 1. The van der Waals surface area contributed by atoms with Crippen molar-refractivity contribution >= 4 is 29.0 Å². The third-order valence-electron chi connectivity index (χ3n) is 2.49. The zero-order valence-corrected chi connectivity index (χ0v) is 11.0. The van der Waals surface area contributed by atoms with E-state index in [-0.39, 0.29) is 5.78 Å². The highest BCUT2D eigenvalue weighted by Crippen LogP contribution is 2.21. The molecule has 0 N–H and O–H groups in total. The van der Waals surface area contributed by atoms with Crippen LogP contribution in [0.4, 0.5) is 0 Å².